The first-order chi connectivity index (χ1) is 13.5. The number of amides is 3. The van der Waals surface area contributed by atoms with E-state index in [4.69, 9.17) is 4.74 Å². The molecule has 2 N–H and O–H groups in total. The zero-order valence-electron chi connectivity index (χ0n) is 16.0. The average molecular weight is 377 g/mol. The van der Waals surface area contributed by atoms with Crippen LogP contribution in [0.25, 0.3) is 0 Å². The molecule has 2 aliphatic rings. The highest BCUT2D eigenvalue weighted by Gasteiger charge is 2.40. The number of nitrogens with zero attached hydrogens (tertiary/aromatic N) is 1. The molecule has 0 aliphatic carbocycles. The summed E-state index contributed by atoms with van der Waals surface area (Å²) in [6.07, 6.45) is 0.743. The second kappa shape index (κ2) is 7.38. The van der Waals surface area contributed by atoms with Crippen molar-refractivity contribution in [2.45, 2.75) is 19.4 Å². The maximum absolute atomic E-state index is 13.1. The van der Waals surface area contributed by atoms with Crippen LogP contribution in [0.1, 0.15) is 22.7 Å². The van der Waals surface area contributed by atoms with E-state index >= 15 is 0 Å². The molecular weight excluding hydrogens is 354 g/mol. The zero-order valence-corrected chi connectivity index (χ0v) is 16.0. The highest BCUT2D eigenvalue weighted by molar-refractivity contribution is 6.01. The summed E-state index contributed by atoms with van der Waals surface area (Å²) in [7, 11) is 1.64. The van der Waals surface area contributed by atoms with E-state index in [-0.39, 0.29) is 11.9 Å². The summed E-state index contributed by atoms with van der Waals surface area (Å²) < 4.78 is 5.18. The van der Waals surface area contributed by atoms with Gasteiger partial charge in [-0.15, -0.1) is 0 Å². The van der Waals surface area contributed by atoms with Gasteiger partial charge in [-0.05, 0) is 36.6 Å². The first kappa shape index (κ1) is 18.1. The molecule has 144 valence electrons. The van der Waals surface area contributed by atoms with Gasteiger partial charge in [0, 0.05) is 6.54 Å². The Morgan fingerprint density at radius 3 is 2.46 bits per heavy atom. The van der Waals surface area contributed by atoms with Crippen molar-refractivity contribution >= 4 is 11.9 Å². The first-order valence-electron chi connectivity index (χ1n) is 9.34. The van der Waals surface area contributed by atoms with Gasteiger partial charge >= 0.3 is 6.03 Å². The molecule has 0 unspecified atom stereocenters. The Morgan fingerprint density at radius 1 is 1.07 bits per heavy atom. The molecule has 6 heteroatoms. The fraction of sp³-hybridized carbons (Fsp3) is 0.273. The fourth-order valence-corrected chi connectivity index (χ4v) is 3.67. The normalized spacial score (nSPS) is 18.6. The molecule has 0 saturated carbocycles. The number of hydrogen-bond acceptors (Lipinski definition) is 3. The van der Waals surface area contributed by atoms with Crippen LogP contribution < -0.4 is 15.4 Å². The summed E-state index contributed by atoms with van der Waals surface area (Å²) >= 11 is 0. The maximum Gasteiger partial charge on any atom is 0.319 e. The third-order valence-corrected chi connectivity index (χ3v) is 5.26. The number of urea groups is 1. The minimum absolute atomic E-state index is 0.0263. The van der Waals surface area contributed by atoms with Gasteiger partial charge in [0.1, 0.15) is 5.75 Å². The molecule has 1 atom stereocenters. The average Bonchev–Trinajstić information content (AvgIpc) is 3.02. The Morgan fingerprint density at radius 2 is 1.79 bits per heavy atom. The lowest BCUT2D eigenvalue weighted by atomic mass is 9.95. The molecule has 2 heterocycles. The number of carbonyl (C=O) groups is 2. The summed E-state index contributed by atoms with van der Waals surface area (Å²) in [5.41, 5.74) is 4.53. The van der Waals surface area contributed by atoms with Crippen LogP contribution in [0.4, 0.5) is 4.79 Å². The van der Waals surface area contributed by atoms with Gasteiger partial charge in [0.15, 0.2) is 0 Å². The predicted molar refractivity (Wildman–Crippen MR) is 106 cm³/mol. The number of rotatable bonds is 5. The number of ether oxygens (including phenoxy) is 1. The van der Waals surface area contributed by atoms with E-state index in [0.717, 1.165) is 28.9 Å². The number of aryl methyl sites for hydroxylation is 1. The van der Waals surface area contributed by atoms with Gasteiger partial charge in [-0.25, -0.2) is 4.79 Å². The quantitative estimate of drug-likeness (QED) is 0.842. The first-order valence-corrected chi connectivity index (χ1v) is 9.34. The highest BCUT2D eigenvalue weighted by atomic mass is 16.5. The summed E-state index contributed by atoms with van der Waals surface area (Å²) in [4.78, 5) is 27.0. The monoisotopic (exact) mass is 377 g/mol. The number of hydrogen-bond donors (Lipinski definition) is 2. The summed E-state index contributed by atoms with van der Waals surface area (Å²) in [5.74, 6) is 0.787. The molecular formula is C22H23N3O3. The smallest absolute Gasteiger partial charge is 0.319 e. The minimum atomic E-state index is -0.414. The van der Waals surface area contributed by atoms with Gasteiger partial charge in [0.2, 0.25) is 0 Å². The summed E-state index contributed by atoms with van der Waals surface area (Å²) in [6.45, 7) is 3.03. The van der Waals surface area contributed by atoms with Crippen molar-refractivity contribution in [2.24, 2.45) is 0 Å². The summed E-state index contributed by atoms with van der Waals surface area (Å²) in [6, 6.07) is 15.1. The van der Waals surface area contributed by atoms with Gasteiger partial charge in [0.25, 0.3) is 5.91 Å². The van der Waals surface area contributed by atoms with E-state index in [1.807, 2.05) is 55.5 Å². The molecule has 2 aliphatic heterocycles. The van der Waals surface area contributed by atoms with Crippen LogP contribution in [0.5, 0.6) is 5.75 Å². The lowest BCUT2D eigenvalue weighted by Gasteiger charge is -2.25. The van der Waals surface area contributed by atoms with Gasteiger partial charge in [-0.3, -0.25) is 4.79 Å². The molecule has 2 aromatic carbocycles. The second-order valence-corrected chi connectivity index (χ2v) is 7.16. The third-order valence-electron chi connectivity index (χ3n) is 5.26. The third kappa shape index (κ3) is 3.45. The van der Waals surface area contributed by atoms with Crippen LogP contribution in [-0.2, 0) is 11.2 Å². The summed E-state index contributed by atoms with van der Waals surface area (Å²) in [5, 5.41) is 5.71. The molecule has 4 rings (SSSR count). The van der Waals surface area contributed by atoms with Crippen molar-refractivity contribution in [3.05, 3.63) is 76.5 Å². The van der Waals surface area contributed by atoms with Crippen molar-refractivity contribution in [2.75, 3.05) is 20.2 Å². The van der Waals surface area contributed by atoms with Crippen molar-refractivity contribution < 1.29 is 14.3 Å². The van der Waals surface area contributed by atoms with Crippen LogP contribution in [0, 0.1) is 6.92 Å². The van der Waals surface area contributed by atoms with Crippen molar-refractivity contribution in [1.82, 2.24) is 15.5 Å². The SMILES string of the molecule is COc1ccc(CCN2CC3=C(C2=O)[C@@H](c2ccc(C)cc2)NC(=O)N3)cc1. The van der Waals surface area contributed by atoms with E-state index < -0.39 is 6.04 Å². The largest absolute Gasteiger partial charge is 0.497 e. The number of nitrogens with one attached hydrogen (secondary N) is 2. The van der Waals surface area contributed by atoms with Crippen LogP contribution >= 0.6 is 0 Å². The Bertz CT molecular complexity index is 933. The molecule has 0 saturated heterocycles. The van der Waals surface area contributed by atoms with Crippen LogP contribution in [0.15, 0.2) is 59.8 Å². The topological polar surface area (TPSA) is 70.7 Å². The van der Waals surface area contributed by atoms with Crippen LogP contribution in [0.3, 0.4) is 0 Å². The van der Waals surface area contributed by atoms with Gasteiger partial charge in [-0.2, -0.15) is 0 Å². The van der Waals surface area contributed by atoms with Crippen LogP contribution in [0.2, 0.25) is 0 Å². The van der Waals surface area contributed by atoms with Gasteiger partial charge < -0.3 is 20.3 Å². The number of benzene rings is 2. The standard InChI is InChI=1S/C22H23N3O3/c1-14-3-7-16(8-4-14)20-19-18(23-22(27)24-20)13-25(21(19)26)12-11-15-5-9-17(28-2)10-6-15/h3-10,20H,11-13H2,1-2H3,(H2,23,24,27)/t20-/m1/s1. The Kier molecular flexibility index (Phi) is 4.77. The molecule has 0 bridgehead atoms. The van der Waals surface area contributed by atoms with Gasteiger partial charge in [-0.1, -0.05) is 42.0 Å². The van der Waals surface area contributed by atoms with Crippen molar-refractivity contribution in [3.63, 3.8) is 0 Å². The minimum Gasteiger partial charge on any atom is -0.497 e. The maximum atomic E-state index is 13.1. The fourth-order valence-electron chi connectivity index (χ4n) is 3.67. The second-order valence-electron chi connectivity index (χ2n) is 7.16. The molecule has 0 fully saturated rings. The lowest BCUT2D eigenvalue weighted by Crippen LogP contribution is -2.44. The van der Waals surface area contributed by atoms with E-state index in [2.05, 4.69) is 10.6 Å². The van der Waals surface area contributed by atoms with Gasteiger partial charge in [0.05, 0.1) is 31.0 Å². The molecule has 0 aromatic heterocycles. The van der Waals surface area contributed by atoms with Crippen molar-refractivity contribution in [3.8, 4) is 5.75 Å². The lowest BCUT2D eigenvalue weighted by molar-refractivity contribution is -0.125. The number of carbonyl (C=O) groups excluding carboxylic acids is 2. The highest BCUT2D eigenvalue weighted by Crippen LogP contribution is 2.32. The molecule has 3 amide bonds. The molecule has 0 radical (unpaired) electrons. The number of methoxy groups -OCH3 is 1. The molecule has 2 aromatic rings. The Labute approximate surface area is 164 Å². The van der Waals surface area contributed by atoms with E-state index in [0.29, 0.717) is 24.4 Å². The van der Waals surface area contributed by atoms with E-state index in [1.165, 1.54) is 0 Å². The molecule has 0 spiro atoms. The van der Waals surface area contributed by atoms with Crippen LogP contribution in [-0.4, -0.2) is 37.0 Å². The Balaban J connectivity index is 1.50. The molecule has 28 heavy (non-hydrogen) atoms. The van der Waals surface area contributed by atoms with E-state index in [1.54, 1.807) is 12.0 Å². The van der Waals surface area contributed by atoms with Crippen molar-refractivity contribution in [1.29, 1.82) is 0 Å². The van der Waals surface area contributed by atoms with E-state index in [9.17, 15) is 9.59 Å². The Hall–Kier alpha value is -3.28. The zero-order chi connectivity index (χ0) is 19.7. The molecule has 6 nitrogen and oxygen atoms in total. The predicted octanol–water partition coefficient (Wildman–Crippen LogP) is 2.70.